The maximum absolute atomic E-state index is 11.7. The fraction of sp³-hybridized carbons (Fsp3) is 0.154. The lowest BCUT2D eigenvalue weighted by Gasteiger charge is -2.45. The molecule has 0 saturated carbocycles. The van der Waals surface area contributed by atoms with Crippen LogP contribution in [-0.4, -0.2) is 15.8 Å². The standard InChI is InChI=1S/C91H76BN5/c1-89(2,3)65-41-46-80-74(50-65)75-51-66(90(4,5)6)42-47-81(75)96(80)82-54-68(43-38-64(82)57-93)94-83-48-62(58-26-14-10-15-27-58)39-44-76(83)92-77-45-40-63(59-28-16-11-17-29-59)49-84(77)97(86-56-69(55-85(94)87(86)92)95-78-36-24-22-34-70(78)71-35-23-25-37-79(71)95)88-72(60-30-18-12-19-31-60)52-67(91(7,8)9)53-73(88)61-32-20-13-21-33-61/h10-20,22-32,34-56H,21,33H2,1-9H3/i10D,11D,14D,15D,16D,17D,22D,23D,24D,25D,26D,27D,28D,29D,34D,35D,36D,37D. The first kappa shape index (κ1) is 43.0. The van der Waals surface area contributed by atoms with E-state index in [0.717, 1.165) is 60.8 Å². The van der Waals surface area contributed by atoms with Crippen molar-refractivity contribution >= 4 is 106 Å². The first-order valence-electron chi connectivity index (χ1n) is 41.9. The summed E-state index contributed by atoms with van der Waals surface area (Å²) in [5.74, 6) is 0. The predicted octanol–water partition coefficient (Wildman–Crippen LogP) is 22.5. The number of fused-ring (bicyclic) bond motifs is 10. The Labute approximate surface area is 595 Å². The first-order chi connectivity index (χ1) is 54.4. The molecule has 0 spiro atoms. The molecular formula is C91H76BN5. The van der Waals surface area contributed by atoms with E-state index in [4.69, 9.17) is 8.22 Å². The highest BCUT2D eigenvalue weighted by atomic mass is 15.2. The zero-order valence-electron chi connectivity index (χ0n) is 73.3. The lowest BCUT2D eigenvalue weighted by Crippen LogP contribution is -2.61. The Bertz CT molecular complexity index is 6600. The normalized spacial score (nSPS) is 16.3. The quantitative estimate of drug-likeness (QED) is 0.142. The maximum Gasteiger partial charge on any atom is 0.252 e. The number of benzene rings is 12. The largest absolute Gasteiger partial charge is 0.311 e. The lowest BCUT2D eigenvalue weighted by molar-refractivity contribution is 0.590. The van der Waals surface area contributed by atoms with Crippen molar-refractivity contribution in [3.8, 4) is 50.8 Å². The third-order valence-electron chi connectivity index (χ3n) is 19.7. The highest BCUT2D eigenvalue weighted by molar-refractivity contribution is 7.00. The molecule has 0 atom stereocenters. The number of rotatable bonds is 8. The van der Waals surface area contributed by atoms with Crippen LogP contribution in [0.1, 0.15) is 128 Å². The van der Waals surface area contributed by atoms with Gasteiger partial charge in [-0.2, -0.15) is 5.26 Å². The molecule has 0 radical (unpaired) electrons. The Balaban J connectivity index is 1.11. The van der Waals surface area contributed by atoms with Gasteiger partial charge in [0.05, 0.1) is 69.4 Å². The Morgan fingerprint density at radius 3 is 1.48 bits per heavy atom. The van der Waals surface area contributed by atoms with Crippen LogP contribution < -0.4 is 26.2 Å². The van der Waals surface area contributed by atoms with Gasteiger partial charge < -0.3 is 18.9 Å². The number of nitriles is 1. The fourth-order valence-corrected chi connectivity index (χ4v) is 14.8. The summed E-state index contributed by atoms with van der Waals surface area (Å²) < 4.78 is 173. The van der Waals surface area contributed by atoms with Crippen LogP contribution in [0.25, 0.3) is 93.9 Å². The molecule has 3 aliphatic rings. The zero-order valence-corrected chi connectivity index (χ0v) is 55.3. The van der Waals surface area contributed by atoms with E-state index in [0.29, 0.717) is 69.0 Å². The molecule has 2 aliphatic heterocycles. The molecule has 17 rings (SSSR count). The Morgan fingerprint density at radius 1 is 0.412 bits per heavy atom. The van der Waals surface area contributed by atoms with Crippen LogP contribution in [0.2, 0.25) is 0 Å². The van der Waals surface area contributed by atoms with Crippen molar-refractivity contribution in [1.29, 1.82) is 5.26 Å². The summed E-state index contributed by atoms with van der Waals surface area (Å²) in [6.07, 6.45) is 7.50. The second-order valence-electron chi connectivity index (χ2n) is 28.6. The van der Waals surface area contributed by atoms with Crippen LogP contribution in [0.5, 0.6) is 0 Å². The van der Waals surface area contributed by atoms with Gasteiger partial charge in [0.1, 0.15) is 6.07 Å². The summed E-state index contributed by atoms with van der Waals surface area (Å²) >= 11 is 0. The van der Waals surface area contributed by atoms with Gasteiger partial charge in [-0.15, -0.1) is 0 Å². The van der Waals surface area contributed by atoms with Gasteiger partial charge in [0, 0.05) is 61.1 Å². The minimum Gasteiger partial charge on any atom is -0.311 e. The van der Waals surface area contributed by atoms with Crippen molar-refractivity contribution in [2.45, 2.75) is 91.4 Å². The van der Waals surface area contributed by atoms with E-state index in [9.17, 15) is 21.7 Å². The number of nitrogens with zero attached hydrogens (tertiary/aromatic N) is 5. The molecule has 5 nitrogen and oxygen atoms in total. The van der Waals surface area contributed by atoms with Crippen LogP contribution in [0.4, 0.5) is 34.1 Å². The number of anilines is 6. The highest BCUT2D eigenvalue weighted by Crippen LogP contribution is 2.53. The molecule has 12 aromatic carbocycles. The van der Waals surface area contributed by atoms with Crippen molar-refractivity contribution in [3.63, 3.8) is 0 Å². The molecule has 0 saturated heterocycles. The number of aromatic nitrogens is 2. The molecule has 4 heterocycles. The topological polar surface area (TPSA) is 40.1 Å². The Hall–Kier alpha value is -11.1. The minimum absolute atomic E-state index is 0.0862. The maximum atomic E-state index is 11.7. The van der Waals surface area contributed by atoms with Crippen molar-refractivity contribution < 1.29 is 24.7 Å². The van der Waals surface area contributed by atoms with Gasteiger partial charge in [-0.1, -0.05) is 244 Å². The molecule has 0 bridgehead atoms. The summed E-state index contributed by atoms with van der Waals surface area (Å²) in [4.78, 5) is 4.11. The van der Waals surface area contributed by atoms with Crippen LogP contribution in [-0.2, 0) is 16.2 Å². The SMILES string of the molecule is [2H]c1c([2H])c([2H])c(-c2ccc3c(c2)N(c2ccc(C#N)c(-n4c5ccc(C(C)(C)C)cc5c5cc(C(C)(C)C)ccc54)c2)c2cc(-n4c5c([2H])c([2H])c([2H])c([2H])c5c5c([2H])c([2H])c([2H])c([2H])c54)cc4c2B3c2ccc(-c3c([2H])c([2H])c([2H])c([2H])c3[2H])cc2N4c2c(C3=CC=CCC3)cc(C(C)(C)C)cc2-c2ccccc2)c([2H])c1[2H]. The summed E-state index contributed by atoms with van der Waals surface area (Å²) in [7, 11) is 0. The highest BCUT2D eigenvalue weighted by Gasteiger charge is 2.46. The number of hydrogen-bond donors (Lipinski definition) is 0. The van der Waals surface area contributed by atoms with E-state index < -0.39 is 121 Å². The van der Waals surface area contributed by atoms with Crippen LogP contribution in [0, 0.1) is 11.3 Å². The van der Waals surface area contributed by atoms with Gasteiger partial charge in [0.2, 0.25) is 0 Å². The molecule has 0 unspecified atom stereocenters. The van der Waals surface area contributed by atoms with Crippen molar-refractivity contribution in [2.24, 2.45) is 0 Å². The number of para-hydroxylation sites is 2. The van der Waals surface area contributed by atoms with E-state index in [-0.39, 0.29) is 66.1 Å². The third kappa shape index (κ3) is 9.80. The smallest absolute Gasteiger partial charge is 0.252 e. The average Bonchev–Trinajstić information content (AvgIpc) is 1.67. The van der Waals surface area contributed by atoms with Gasteiger partial charge in [0.15, 0.2) is 0 Å². The monoisotopic (exact) mass is 1270 g/mol. The molecule has 97 heavy (non-hydrogen) atoms. The average molecular weight is 1270 g/mol. The summed E-state index contributed by atoms with van der Waals surface area (Å²) in [5.41, 5.74) is 12.4. The number of allylic oxidation sites excluding steroid dienone is 4. The summed E-state index contributed by atoms with van der Waals surface area (Å²) in [5, 5.41) is 13.2. The first-order valence-corrected chi connectivity index (χ1v) is 32.9. The zero-order chi connectivity index (χ0) is 81.9. The van der Waals surface area contributed by atoms with E-state index >= 15 is 0 Å². The van der Waals surface area contributed by atoms with E-state index in [1.165, 1.54) is 4.57 Å². The van der Waals surface area contributed by atoms with Gasteiger partial charge >= 0.3 is 0 Å². The fourth-order valence-electron chi connectivity index (χ4n) is 14.8. The van der Waals surface area contributed by atoms with Crippen LogP contribution in [0.3, 0.4) is 0 Å². The number of hydrogen-bond acceptors (Lipinski definition) is 3. The van der Waals surface area contributed by atoms with Crippen molar-refractivity contribution in [1.82, 2.24) is 9.13 Å². The van der Waals surface area contributed by atoms with Crippen molar-refractivity contribution in [2.75, 3.05) is 9.80 Å². The van der Waals surface area contributed by atoms with Gasteiger partial charge in [-0.25, -0.2) is 0 Å². The lowest BCUT2D eigenvalue weighted by atomic mass is 9.33. The van der Waals surface area contributed by atoms with Crippen LogP contribution in [0.15, 0.2) is 273 Å². The molecular weight excluding hydrogens is 1170 g/mol. The van der Waals surface area contributed by atoms with Gasteiger partial charge in [-0.05, 0) is 187 Å². The third-order valence-corrected chi connectivity index (χ3v) is 19.7. The van der Waals surface area contributed by atoms with Gasteiger partial charge in [-0.3, -0.25) is 0 Å². The summed E-state index contributed by atoms with van der Waals surface area (Å²) in [6.45, 7) is 18.5. The molecule has 14 aromatic rings. The van der Waals surface area contributed by atoms with Crippen molar-refractivity contribution in [3.05, 3.63) is 300 Å². The molecule has 0 fully saturated rings. The second kappa shape index (κ2) is 22.5. The molecule has 1 aliphatic carbocycles. The minimum atomic E-state index is -0.911. The molecule has 6 heteroatoms. The molecule has 0 N–H and O–H groups in total. The molecule has 468 valence electrons. The summed E-state index contributed by atoms with van der Waals surface area (Å²) in [6, 6.07) is 39.7. The van der Waals surface area contributed by atoms with E-state index in [1.807, 2.05) is 83.8 Å². The Morgan fingerprint density at radius 2 is 0.938 bits per heavy atom. The van der Waals surface area contributed by atoms with E-state index in [2.05, 4.69) is 139 Å². The second-order valence-corrected chi connectivity index (χ2v) is 28.6. The Kier molecular flexibility index (Phi) is 9.99. The molecule has 0 amide bonds. The van der Waals surface area contributed by atoms with E-state index in [1.54, 1.807) is 24.3 Å². The van der Waals surface area contributed by atoms with Gasteiger partial charge in [0.25, 0.3) is 6.71 Å². The van der Waals surface area contributed by atoms with Crippen LogP contribution >= 0.6 is 0 Å². The predicted molar refractivity (Wildman–Crippen MR) is 413 cm³/mol. The molecule has 2 aromatic heterocycles.